The monoisotopic (exact) mass is 346 g/mol. The minimum atomic E-state index is 0.127. The Bertz CT molecular complexity index is 613. The minimum absolute atomic E-state index is 0.127. The van der Waals surface area contributed by atoms with Crippen molar-refractivity contribution < 1.29 is 9.53 Å². The predicted octanol–water partition coefficient (Wildman–Crippen LogP) is 3.21. The Morgan fingerprint density at radius 3 is 2.62 bits per heavy atom. The minimum Gasteiger partial charge on any atom is -0.385 e. The Hall–Kier alpha value is -1.69. The number of rotatable bonds is 10. The number of carbonyl (C=O) groups excluding carboxylic acids is 1. The molecule has 2 rings (SSSR count). The second-order valence-corrected chi connectivity index (χ2v) is 7.14. The highest BCUT2D eigenvalue weighted by atomic mass is 32.1. The van der Waals surface area contributed by atoms with Gasteiger partial charge < -0.3 is 15.0 Å². The summed E-state index contributed by atoms with van der Waals surface area (Å²) in [6, 6.07) is 14.4. The fourth-order valence-corrected chi connectivity index (χ4v) is 3.35. The van der Waals surface area contributed by atoms with Gasteiger partial charge in [-0.05, 0) is 37.6 Å². The number of methoxy groups -OCH3 is 1. The van der Waals surface area contributed by atoms with Crippen LogP contribution in [0.2, 0.25) is 0 Å². The average molecular weight is 346 g/mol. The van der Waals surface area contributed by atoms with Crippen LogP contribution in [0, 0.1) is 6.92 Å². The lowest BCUT2D eigenvalue weighted by Gasteiger charge is -2.22. The van der Waals surface area contributed by atoms with E-state index >= 15 is 0 Å². The van der Waals surface area contributed by atoms with Crippen molar-refractivity contribution in [1.29, 1.82) is 0 Å². The van der Waals surface area contributed by atoms with Gasteiger partial charge in [0, 0.05) is 30.0 Å². The Morgan fingerprint density at radius 2 is 1.96 bits per heavy atom. The smallest absolute Gasteiger partial charge is 0.237 e. The first-order chi connectivity index (χ1) is 11.7. The summed E-state index contributed by atoms with van der Waals surface area (Å²) in [6.45, 7) is 5.25. The summed E-state index contributed by atoms with van der Waals surface area (Å²) in [7, 11) is 1.69. The maximum atomic E-state index is 12.6. The average Bonchev–Trinajstić information content (AvgIpc) is 3.00. The first-order valence-corrected chi connectivity index (χ1v) is 9.07. The molecule has 0 saturated heterocycles. The van der Waals surface area contributed by atoms with Gasteiger partial charge in [-0.1, -0.05) is 30.3 Å². The van der Waals surface area contributed by atoms with E-state index in [0.29, 0.717) is 26.2 Å². The van der Waals surface area contributed by atoms with Crippen molar-refractivity contribution in [2.24, 2.45) is 0 Å². The molecule has 0 saturated carbocycles. The summed E-state index contributed by atoms with van der Waals surface area (Å²) in [5.74, 6) is 0.127. The second kappa shape index (κ2) is 10.2. The molecule has 0 aliphatic rings. The summed E-state index contributed by atoms with van der Waals surface area (Å²) in [4.78, 5) is 17.0. The highest BCUT2D eigenvalue weighted by molar-refractivity contribution is 7.11. The van der Waals surface area contributed by atoms with E-state index in [-0.39, 0.29) is 5.91 Å². The van der Waals surface area contributed by atoms with Gasteiger partial charge in [-0.25, -0.2) is 0 Å². The molecule has 1 amide bonds. The second-order valence-electron chi connectivity index (χ2n) is 5.77. The molecule has 1 heterocycles. The van der Waals surface area contributed by atoms with Crippen LogP contribution in [0.5, 0.6) is 0 Å². The molecule has 2 aromatic rings. The van der Waals surface area contributed by atoms with Gasteiger partial charge in [0.2, 0.25) is 5.91 Å². The largest absolute Gasteiger partial charge is 0.385 e. The molecule has 0 bridgehead atoms. The molecule has 4 nitrogen and oxygen atoms in total. The van der Waals surface area contributed by atoms with E-state index in [2.05, 4.69) is 36.5 Å². The number of thiophene rings is 1. The van der Waals surface area contributed by atoms with Crippen LogP contribution in [0.15, 0.2) is 42.5 Å². The summed E-state index contributed by atoms with van der Waals surface area (Å²) in [5.41, 5.74) is 1.15. The Morgan fingerprint density at radius 1 is 1.17 bits per heavy atom. The molecular weight excluding hydrogens is 320 g/mol. The molecule has 1 aromatic carbocycles. The van der Waals surface area contributed by atoms with Gasteiger partial charge in [0.15, 0.2) is 0 Å². The van der Waals surface area contributed by atoms with Crippen LogP contribution in [0.4, 0.5) is 0 Å². The van der Waals surface area contributed by atoms with E-state index in [4.69, 9.17) is 4.74 Å². The molecule has 0 atom stereocenters. The molecule has 0 fully saturated rings. The van der Waals surface area contributed by atoms with Crippen LogP contribution in [-0.2, 0) is 22.6 Å². The normalized spacial score (nSPS) is 10.8. The van der Waals surface area contributed by atoms with Crippen LogP contribution in [0.1, 0.15) is 21.7 Å². The summed E-state index contributed by atoms with van der Waals surface area (Å²) in [6.07, 6.45) is 0.909. The van der Waals surface area contributed by atoms with Crippen LogP contribution in [0.3, 0.4) is 0 Å². The molecule has 1 N–H and O–H groups in total. The molecule has 1 aromatic heterocycles. The highest BCUT2D eigenvalue weighted by Crippen LogP contribution is 2.18. The third-order valence-corrected chi connectivity index (χ3v) is 4.68. The topological polar surface area (TPSA) is 41.6 Å². The maximum Gasteiger partial charge on any atom is 0.237 e. The lowest BCUT2D eigenvalue weighted by Crippen LogP contribution is -2.37. The predicted molar refractivity (Wildman–Crippen MR) is 99.1 cm³/mol. The molecule has 0 aliphatic carbocycles. The van der Waals surface area contributed by atoms with Crippen LogP contribution in [-0.4, -0.2) is 37.6 Å². The SMILES string of the molecule is COCCCNCC(=O)N(Cc1ccccc1)Cc1ccc(C)s1. The first-order valence-electron chi connectivity index (χ1n) is 8.25. The highest BCUT2D eigenvalue weighted by Gasteiger charge is 2.15. The van der Waals surface area contributed by atoms with Gasteiger partial charge in [-0.15, -0.1) is 11.3 Å². The van der Waals surface area contributed by atoms with Gasteiger partial charge in [-0.2, -0.15) is 0 Å². The molecule has 5 heteroatoms. The molecule has 0 aliphatic heterocycles. The van der Waals surface area contributed by atoms with E-state index in [0.717, 1.165) is 18.5 Å². The zero-order valence-corrected chi connectivity index (χ0v) is 15.3. The van der Waals surface area contributed by atoms with Crippen molar-refractivity contribution in [2.75, 3.05) is 26.8 Å². The number of ether oxygens (including phenoxy) is 1. The standard InChI is InChI=1S/C19H26N2O2S/c1-16-9-10-18(24-16)15-21(14-17-7-4-3-5-8-17)19(22)13-20-11-6-12-23-2/h3-5,7-10,20H,6,11-15H2,1-2H3. The number of aryl methyl sites for hydroxylation is 1. The number of carbonyl (C=O) groups is 1. The summed E-state index contributed by atoms with van der Waals surface area (Å²) < 4.78 is 5.02. The van der Waals surface area contributed by atoms with E-state index in [1.165, 1.54) is 9.75 Å². The molecule has 0 radical (unpaired) electrons. The molecule has 0 unspecified atom stereocenters. The lowest BCUT2D eigenvalue weighted by molar-refractivity contribution is -0.131. The summed E-state index contributed by atoms with van der Waals surface area (Å²) in [5, 5.41) is 3.21. The number of amides is 1. The molecule has 130 valence electrons. The first kappa shape index (κ1) is 18.6. The van der Waals surface area contributed by atoms with Crippen molar-refractivity contribution in [2.45, 2.75) is 26.4 Å². The Balaban J connectivity index is 1.94. The van der Waals surface area contributed by atoms with E-state index in [9.17, 15) is 4.79 Å². The fraction of sp³-hybridized carbons (Fsp3) is 0.421. The van der Waals surface area contributed by atoms with E-state index in [1.54, 1.807) is 18.4 Å². The summed E-state index contributed by atoms with van der Waals surface area (Å²) >= 11 is 1.75. The zero-order valence-electron chi connectivity index (χ0n) is 14.5. The Labute approximate surface area is 148 Å². The fourth-order valence-electron chi connectivity index (χ4n) is 2.44. The van der Waals surface area contributed by atoms with Gasteiger partial charge in [0.25, 0.3) is 0 Å². The quantitative estimate of drug-likeness (QED) is 0.672. The van der Waals surface area contributed by atoms with Crippen molar-refractivity contribution in [3.05, 3.63) is 57.8 Å². The number of nitrogens with one attached hydrogen (secondary N) is 1. The van der Waals surface area contributed by atoms with Crippen molar-refractivity contribution >= 4 is 17.2 Å². The molecular formula is C19H26N2O2S. The number of hydrogen-bond acceptors (Lipinski definition) is 4. The van der Waals surface area contributed by atoms with Gasteiger partial charge >= 0.3 is 0 Å². The molecule has 24 heavy (non-hydrogen) atoms. The Kier molecular flexibility index (Phi) is 7.95. The van der Waals surface area contributed by atoms with E-state index < -0.39 is 0 Å². The third-order valence-electron chi connectivity index (χ3n) is 3.69. The zero-order chi connectivity index (χ0) is 17.2. The van der Waals surface area contributed by atoms with E-state index in [1.807, 2.05) is 23.1 Å². The third kappa shape index (κ3) is 6.43. The maximum absolute atomic E-state index is 12.6. The lowest BCUT2D eigenvalue weighted by atomic mass is 10.2. The van der Waals surface area contributed by atoms with Crippen LogP contribution < -0.4 is 5.32 Å². The number of nitrogens with zero attached hydrogens (tertiary/aromatic N) is 1. The number of benzene rings is 1. The van der Waals surface area contributed by atoms with Crippen molar-refractivity contribution in [3.8, 4) is 0 Å². The molecule has 0 spiro atoms. The van der Waals surface area contributed by atoms with Gasteiger partial charge in [-0.3, -0.25) is 4.79 Å². The van der Waals surface area contributed by atoms with Gasteiger partial charge in [0.05, 0.1) is 13.1 Å². The van der Waals surface area contributed by atoms with Crippen molar-refractivity contribution in [1.82, 2.24) is 10.2 Å². The van der Waals surface area contributed by atoms with Crippen LogP contribution >= 0.6 is 11.3 Å². The van der Waals surface area contributed by atoms with Crippen LogP contribution in [0.25, 0.3) is 0 Å². The van der Waals surface area contributed by atoms with Crippen molar-refractivity contribution in [3.63, 3.8) is 0 Å². The number of hydrogen-bond donors (Lipinski definition) is 1. The van der Waals surface area contributed by atoms with Gasteiger partial charge in [0.1, 0.15) is 0 Å².